The summed E-state index contributed by atoms with van der Waals surface area (Å²) < 4.78 is 6.71. The Morgan fingerprint density at radius 2 is 2.20 bits per heavy atom. The summed E-state index contributed by atoms with van der Waals surface area (Å²) >= 11 is 7.64. The van der Waals surface area contributed by atoms with Crippen molar-refractivity contribution in [1.82, 2.24) is 0 Å². The molecular weight excluding hydrogens is 272 g/mol. The molecule has 0 bridgehead atoms. The Morgan fingerprint density at radius 1 is 1.40 bits per heavy atom. The van der Waals surface area contributed by atoms with Gasteiger partial charge < -0.3 is 4.74 Å². The smallest absolute Gasteiger partial charge is 0.120 e. The maximum Gasteiger partial charge on any atom is 0.120 e. The molecule has 1 aromatic carbocycles. The summed E-state index contributed by atoms with van der Waals surface area (Å²) in [6.45, 7) is 3.02. The fourth-order valence-corrected chi connectivity index (χ4v) is 2.12. The highest BCUT2D eigenvalue weighted by Crippen LogP contribution is 2.18. The van der Waals surface area contributed by atoms with Crippen molar-refractivity contribution in [3.8, 4) is 5.75 Å². The summed E-state index contributed by atoms with van der Waals surface area (Å²) in [5, 5.41) is 0. The van der Waals surface area contributed by atoms with Gasteiger partial charge in [0.25, 0.3) is 0 Å². The maximum absolute atomic E-state index is 5.65. The average molecular weight is 289 g/mol. The van der Waals surface area contributed by atoms with E-state index in [1.165, 1.54) is 0 Å². The molecule has 0 spiro atoms. The van der Waals surface area contributed by atoms with E-state index in [2.05, 4.69) is 35.5 Å². The van der Waals surface area contributed by atoms with Crippen molar-refractivity contribution in [2.75, 3.05) is 12.4 Å². The van der Waals surface area contributed by atoms with Crippen molar-refractivity contribution in [2.45, 2.75) is 19.8 Å². The van der Waals surface area contributed by atoms with Gasteiger partial charge in [0.05, 0.1) is 6.61 Å². The Bertz CT molecular complexity index is 291. The minimum atomic E-state index is 0.689. The van der Waals surface area contributed by atoms with Gasteiger partial charge in [0.1, 0.15) is 5.75 Å². The predicted octanol–water partition coefficient (Wildman–Crippen LogP) is 4.17. The molecule has 0 aliphatic carbocycles. The van der Waals surface area contributed by atoms with Crippen molar-refractivity contribution in [3.63, 3.8) is 0 Å². The van der Waals surface area contributed by atoms with Gasteiger partial charge in [-0.05, 0) is 42.7 Å². The summed E-state index contributed by atoms with van der Waals surface area (Å²) in [6.07, 6.45) is 2.25. The number of hydrogen-bond acceptors (Lipinski definition) is 2. The Morgan fingerprint density at radius 3 is 2.87 bits per heavy atom. The van der Waals surface area contributed by atoms with Gasteiger partial charge in [-0.1, -0.05) is 28.9 Å². The van der Waals surface area contributed by atoms with E-state index in [1.807, 2.05) is 24.3 Å². The van der Waals surface area contributed by atoms with Gasteiger partial charge in [-0.3, -0.25) is 0 Å². The highest BCUT2D eigenvalue weighted by molar-refractivity contribution is 9.10. The van der Waals surface area contributed by atoms with Gasteiger partial charge in [-0.2, -0.15) is 12.6 Å². The molecule has 0 heterocycles. The Kier molecular flexibility index (Phi) is 6.18. The van der Waals surface area contributed by atoms with Crippen LogP contribution in [0.25, 0.3) is 0 Å². The molecule has 1 nitrogen and oxygen atoms in total. The first-order valence-electron chi connectivity index (χ1n) is 5.21. The topological polar surface area (TPSA) is 9.23 Å². The molecule has 0 N–H and O–H groups in total. The van der Waals surface area contributed by atoms with E-state index in [1.54, 1.807) is 0 Å². The molecule has 1 rings (SSSR count). The number of hydrogen-bond donors (Lipinski definition) is 1. The SMILES string of the molecule is CC(CCS)CCOc1cccc(Br)c1. The molecule has 1 aromatic rings. The van der Waals surface area contributed by atoms with E-state index < -0.39 is 0 Å². The molecule has 3 heteroatoms. The van der Waals surface area contributed by atoms with Crippen LogP contribution in [0.2, 0.25) is 0 Å². The highest BCUT2D eigenvalue weighted by Gasteiger charge is 2.01. The zero-order chi connectivity index (χ0) is 11.1. The van der Waals surface area contributed by atoms with Crippen LogP contribution in [0.3, 0.4) is 0 Å². The van der Waals surface area contributed by atoms with Crippen LogP contribution in [0.4, 0.5) is 0 Å². The van der Waals surface area contributed by atoms with E-state index >= 15 is 0 Å². The minimum absolute atomic E-state index is 0.689. The quantitative estimate of drug-likeness (QED) is 0.773. The summed E-state index contributed by atoms with van der Waals surface area (Å²) in [6, 6.07) is 7.95. The van der Waals surface area contributed by atoms with Crippen LogP contribution >= 0.6 is 28.6 Å². The Balaban J connectivity index is 2.25. The molecule has 0 saturated heterocycles. The van der Waals surface area contributed by atoms with Gasteiger partial charge in [-0.15, -0.1) is 0 Å². The lowest BCUT2D eigenvalue weighted by molar-refractivity contribution is 0.282. The third-order valence-corrected chi connectivity index (χ3v) is 3.05. The van der Waals surface area contributed by atoms with E-state index in [0.29, 0.717) is 5.92 Å². The molecule has 84 valence electrons. The monoisotopic (exact) mass is 288 g/mol. The van der Waals surface area contributed by atoms with Gasteiger partial charge in [0, 0.05) is 4.47 Å². The second kappa shape index (κ2) is 7.18. The van der Waals surface area contributed by atoms with Crippen LogP contribution in [-0.2, 0) is 0 Å². The first-order chi connectivity index (χ1) is 7.22. The predicted molar refractivity (Wildman–Crippen MR) is 71.9 cm³/mol. The van der Waals surface area contributed by atoms with E-state index in [-0.39, 0.29) is 0 Å². The van der Waals surface area contributed by atoms with Crippen LogP contribution in [-0.4, -0.2) is 12.4 Å². The third-order valence-electron chi connectivity index (χ3n) is 2.30. The summed E-state index contributed by atoms with van der Waals surface area (Å²) in [7, 11) is 0. The van der Waals surface area contributed by atoms with Crippen LogP contribution < -0.4 is 4.74 Å². The van der Waals surface area contributed by atoms with Crippen LogP contribution in [0.15, 0.2) is 28.7 Å². The lowest BCUT2D eigenvalue weighted by atomic mass is 10.1. The van der Waals surface area contributed by atoms with E-state index in [4.69, 9.17) is 4.74 Å². The minimum Gasteiger partial charge on any atom is -0.494 e. The summed E-state index contributed by atoms with van der Waals surface area (Å²) in [4.78, 5) is 0. The molecule has 1 unspecified atom stereocenters. The van der Waals surface area contributed by atoms with Crippen LogP contribution in [0.1, 0.15) is 19.8 Å². The number of rotatable bonds is 6. The van der Waals surface area contributed by atoms with E-state index in [0.717, 1.165) is 35.4 Å². The van der Waals surface area contributed by atoms with Gasteiger partial charge in [0.2, 0.25) is 0 Å². The standard InChI is InChI=1S/C12H17BrOS/c1-10(6-8-15)5-7-14-12-4-2-3-11(13)9-12/h2-4,9-10,15H,5-8H2,1H3. The van der Waals surface area contributed by atoms with Crippen LogP contribution in [0, 0.1) is 5.92 Å². The summed E-state index contributed by atoms with van der Waals surface area (Å²) in [5.41, 5.74) is 0. The number of benzene rings is 1. The molecule has 0 aliphatic rings. The second-order valence-corrected chi connectivity index (χ2v) is 5.07. The Labute approximate surface area is 106 Å². The molecule has 0 radical (unpaired) electrons. The second-order valence-electron chi connectivity index (χ2n) is 3.71. The fraction of sp³-hybridized carbons (Fsp3) is 0.500. The largest absolute Gasteiger partial charge is 0.494 e. The molecule has 1 atom stereocenters. The third kappa shape index (κ3) is 5.47. The number of halogens is 1. The van der Waals surface area contributed by atoms with E-state index in [9.17, 15) is 0 Å². The molecule has 0 fully saturated rings. The fourth-order valence-electron chi connectivity index (χ4n) is 1.30. The Hall–Kier alpha value is -0.150. The molecule has 0 aliphatic heterocycles. The first-order valence-corrected chi connectivity index (χ1v) is 6.64. The van der Waals surface area contributed by atoms with Crippen LogP contribution in [0.5, 0.6) is 5.75 Å². The van der Waals surface area contributed by atoms with Crippen molar-refractivity contribution in [1.29, 1.82) is 0 Å². The molecule has 15 heavy (non-hydrogen) atoms. The molecule has 0 aromatic heterocycles. The zero-order valence-corrected chi connectivity index (χ0v) is 11.4. The molecule has 0 saturated carbocycles. The van der Waals surface area contributed by atoms with Crippen molar-refractivity contribution in [2.24, 2.45) is 5.92 Å². The first kappa shape index (κ1) is 12.9. The summed E-state index contributed by atoms with van der Waals surface area (Å²) in [5.74, 6) is 2.58. The van der Waals surface area contributed by atoms with Gasteiger partial charge >= 0.3 is 0 Å². The van der Waals surface area contributed by atoms with Gasteiger partial charge in [-0.25, -0.2) is 0 Å². The highest BCUT2D eigenvalue weighted by atomic mass is 79.9. The lowest BCUT2D eigenvalue weighted by Gasteiger charge is -2.11. The van der Waals surface area contributed by atoms with Gasteiger partial charge in [0.15, 0.2) is 0 Å². The normalized spacial score (nSPS) is 12.5. The van der Waals surface area contributed by atoms with Crippen molar-refractivity contribution >= 4 is 28.6 Å². The molecule has 0 amide bonds. The number of thiol groups is 1. The average Bonchev–Trinajstić information content (AvgIpc) is 2.18. The lowest BCUT2D eigenvalue weighted by Crippen LogP contribution is -2.04. The molecular formula is C12H17BrOS. The van der Waals surface area contributed by atoms with Crippen molar-refractivity contribution in [3.05, 3.63) is 28.7 Å². The number of ether oxygens (including phenoxy) is 1. The van der Waals surface area contributed by atoms with Crippen molar-refractivity contribution < 1.29 is 4.74 Å². The zero-order valence-electron chi connectivity index (χ0n) is 8.95. The maximum atomic E-state index is 5.65.